The Morgan fingerprint density at radius 1 is 1.03 bits per heavy atom. The molecule has 0 radical (unpaired) electrons. The lowest BCUT2D eigenvalue weighted by Crippen LogP contribution is -2.39. The summed E-state index contributed by atoms with van der Waals surface area (Å²) in [5.74, 6) is -0.188. The molecule has 6 heteroatoms. The zero-order chi connectivity index (χ0) is 20.2. The average Bonchev–Trinajstić information content (AvgIpc) is 2.74. The van der Waals surface area contributed by atoms with Crippen LogP contribution in [0.15, 0.2) is 67.0 Å². The van der Waals surface area contributed by atoms with E-state index < -0.39 is 5.92 Å². The van der Waals surface area contributed by atoms with Crippen molar-refractivity contribution in [3.63, 3.8) is 0 Å². The van der Waals surface area contributed by atoms with Crippen LogP contribution in [0.1, 0.15) is 29.9 Å². The molecule has 1 fully saturated rings. The highest BCUT2D eigenvalue weighted by atomic mass is 35.5. The molecule has 4 rings (SSSR count). The number of nitrogens with zero attached hydrogens (tertiary/aromatic N) is 1. The highest BCUT2D eigenvalue weighted by Crippen LogP contribution is 2.37. The molecule has 1 unspecified atom stereocenters. The van der Waals surface area contributed by atoms with E-state index >= 15 is 0 Å². The molecule has 146 valence electrons. The van der Waals surface area contributed by atoms with E-state index in [9.17, 15) is 9.59 Å². The predicted octanol–water partition coefficient (Wildman–Crippen LogP) is 4.50. The van der Waals surface area contributed by atoms with Crippen LogP contribution >= 0.6 is 11.6 Å². The van der Waals surface area contributed by atoms with Gasteiger partial charge in [0.25, 0.3) is 0 Å². The van der Waals surface area contributed by atoms with Crippen LogP contribution in [0.5, 0.6) is 5.75 Å². The zero-order valence-corrected chi connectivity index (χ0v) is 16.4. The molecule has 1 atom stereocenters. The van der Waals surface area contributed by atoms with Crippen LogP contribution in [-0.4, -0.2) is 16.8 Å². The Kier molecular flexibility index (Phi) is 5.58. The van der Waals surface area contributed by atoms with Crippen molar-refractivity contribution in [2.75, 3.05) is 0 Å². The van der Waals surface area contributed by atoms with E-state index in [0.29, 0.717) is 24.5 Å². The maximum atomic E-state index is 12.2. The number of benzene rings is 2. The Morgan fingerprint density at radius 2 is 1.79 bits per heavy atom. The van der Waals surface area contributed by atoms with Crippen molar-refractivity contribution >= 4 is 23.4 Å². The van der Waals surface area contributed by atoms with Gasteiger partial charge in [0, 0.05) is 24.4 Å². The standard InChI is InChI=1S/C23H19ClN2O3/c24-22-18(2-1-3-19(22)20-8-9-21(27)26-23(20)28)16-4-6-17(7-5-16)29-14-15-10-12-25-13-11-15/h1-7,10-13,20H,8-9,14H2,(H,26,27,28). The van der Waals surface area contributed by atoms with Crippen LogP contribution in [0.2, 0.25) is 5.02 Å². The van der Waals surface area contributed by atoms with Gasteiger partial charge < -0.3 is 4.74 Å². The van der Waals surface area contributed by atoms with Crippen molar-refractivity contribution in [2.45, 2.75) is 25.4 Å². The van der Waals surface area contributed by atoms with Crippen molar-refractivity contribution in [3.8, 4) is 16.9 Å². The third kappa shape index (κ3) is 4.30. The number of halogens is 1. The van der Waals surface area contributed by atoms with E-state index in [2.05, 4.69) is 10.3 Å². The molecule has 2 aromatic carbocycles. The van der Waals surface area contributed by atoms with Gasteiger partial charge in [0.1, 0.15) is 12.4 Å². The van der Waals surface area contributed by atoms with Crippen molar-refractivity contribution < 1.29 is 14.3 Å². The van der Waals surface area contributed by atoms with Gasteiger partial charge in [-0.05, 0) is 47.4 Å². The van der Waals surface area contributed by atoms with E-state index in [1.807, 2.05) is 54.6 Å². The van der Waals surface area contributed by atoms with Crippen LogP contribution in [-0.2, 0) is 16.2 Å². The molecule has 1 aromatic heterocycles. The molecule has 0 bridgehead atoms. The van der Waals surface area contributed by atoms with E-state index in [4.69, 9.17) is 16.3 Å². The number of piperidine rings is 1. The number of aromatic nitrogens is 1. The van der Waals surface area contributed by atoms with Crippen LogP contribution in [0.4, 0.5) is 0 Å². The minimum Gasteiger partial charge on any atom is -0.489 e. The number of amides is 2. The summed E-state index contributed by atoms with van der Waals surface area (Å²) < 4.78 is 5.81. The van der Waals surface area contributed by atoms with Crippen LogP contribution in [0.25, 0.3) is 11.1 Å². The molecule has 2 amide bonds. The van der Waals surface area contributed by atoms with E-state index in [-0.39, 0.29) is 11.8 Å². The third-order valence-corrected chi connectivity index (χ3v) is 5.39. The first kappa shape index (κ1) is 19.2. The number of imide groups is 1. The first-order chi connectivity index (χ1) is 14.1. The van der Waals surface area contributed by atoms with Gasteiger partial charge in [0.2, 0.25) is 11.8 Å². The maximum absolute atomic E-state index is 12.2. The number of carbonyl (C=O) groups excluding carboxylic acids is 2. The lowest BCUT2D eigenvalue weighted by molar-refractivity contribution is -0.134. The van der Waals surface area contributed by atoms with Crippen molar-refractivity contribution in [1.29, 1.82) is 0 Å². The molecule has 0 aliphatic carbocycles. The van der Waals surface area contributed by atoms with Gasteiger partial charge in [0.15, 0.2) is 0 Å². The SMILES string of the molecule is O=C1CCC(c2cccc(-c3ccc(OCc4ccncc4)cc3)c2Cl)C(=O)N1. The first-order valence-corrected chi connectivity index (χ1v) is 9.74. The number of rotatable bonds is 5. The molecular formula is C23H19ClN2O3. The molecule has 2 heterocycles. The Labute approximate surface area is 173 Å². The van der Waals surface area contributed by atoms with Gasteiger partial charge in [-0.25, -0.2) is 0 Å². The summed E-state index contributed by atoms with van der Waals surface area (Å²) in [5.41, 5.74) is 3.56. The van der Waals surface area contributed by atoms with Crippen molar-refractivity contribution in [3.05, 3.63) is 83.1 Å². The van der Waals surface area contributed by atoms with Crippen molar-refractivity contribution in [2.24, 2.45) is 0 Å². The Hall–Kier alpha value is -3.18. The second-order valence-electron chi connectivity index (χ2n) is 6.88. The van der Waals surface area contributed by atoms with E-state index in [1.54, 1.807) is 12.4 Å². The summed E-state index contributed by atoms with van der Waals surface area (Å²) in [5, 5.41) is 2.93. The molecule has 29 heavy (non-hydrogen) atoms. The van der Waals surface area contributed by atoms with Crippen molar-refractivity contribution in [1.82, 2.24) is 10.3 Å². The number of hydrogen-bond acceptors (Lipinski definition) is 4. The fourth-order valence-electron chi connectivity index (χ4n) is 3.41. The monoisotopic (exact) mass is 406 g/mol. The highest BCUT2D eigenvalue weighted by Gasteiger charge is 2.30. The average molecular weight is 407 g/mol. The minimum atomic E-state index is -0.414. The molecule has 1 aliphatic heterocycles. The maximum Gasteiger partial charge on any atom is 0.234 e. The Morgan fingerprint density at radius 3 is 2.52 bits per heavy atom. The minimum absolute atomic E-state index is 0.235. The largest absolute Gasteiger partial charge is 0.489 e. The number of pyridine rings is 1. The first-order valence-electron chi connectivity index (χ1n) is 9.36. The van der Waals surface area contributed by atoms with Gasteiger partial charge in [-0.1, -0.05) is 41.9 Å². The second kappa shape index (κ2) is 8.45. The van der Waals surface area contributed by atoms with Gasteiger partial charge in [-0.3, -0.25) is 19.9 Å². The highest BCUT2D eigenvalue weighted by molar-refractivity contribution is 6.34. The second-order valence-corrected chi connectivity index (χ2v) is 7.26. The smallest absolute Gasteiger partial charge is 0.234 e. The van der Waals surface area contributed by atoms with Crippen LogP contribution in [0, 0.1) is 0 Å². The Bertz CT molecular complexity index is 1040. The molecule has 0 saturated carbocycles. The van der Waals surface area contributed by atoms with Gasteiger partial charge in [-0.15, -0.1) is 0 Å². The summed E-state index contributed by atoms with van der Waals surface area (Å²) in [6.07, 6.45) is 4.26. The van der Waals surface area contributed by atoms with E-state index in [1.165, 1.54) is 0 Å². The van der Waals surface area contributed by atoms with Crippen LogP contribution < -0.4 is 10.1 Å². The lowest BCUT2D eigenvalue weighted by atomic mass is 9.88. The molecule has 1 N–H and O–H groups in total. The Balaban J connectivity index is 1.52. The van der Waals surface area contributed by atoms with Crippen LogP contribution in [0.3, 0.4) is 0 Å². The third-order valence-electron chi connectivity index (χ3n) is 4.96. The topological polar surface area (TPSA) is 68.3 Å². The fraction of sp³-hybridized carbons (Fsp3) is 0.174. The van der Waals surface area contributed by atoms with Gasteiger partial charge in [-0.2, -0.15) is 0 Å². The fourth-order valence-corrected chi connectivity index (χ4v) is 3.78. The number of nitrogens with one attached hydrogen (secondary N) is 1. The van der Waals surface area contributed by atoms with Gasteiger partial charge in [0.05, 0.1) is 10.9 Å². The number of ether oxygens (including phenoxy) is 1. The normalized spacial score (nSPS) is 16.4. The molecule has 1 aliphatic rings. The molecule has 5 nitrogen and oxygen atoms in total. The van der Waals surface area contributed by atoms with Gasteiger partial charge >= 0.3 is 0 Å². The summed E-state index contributed by atoms with van der Waals surface area (Å²) in [4.78, 5) is 27.6. The lowest BCUT2D eigenvalue weighted by Gasteiger charge is -2.23. The summed E-state index contributed by atoms with van der Waals surface area (Å²) in [7, 11) is 0. The predicted molar refractivity (Wildman–Crippen MR) is 111 cm³/mol. The summed E-state index contributed by atoms with van der Waals surface area (Å²) >= 11 is 6.66. The zero-order valence-electron chi connectivity index (χ0n) is 15.6. The summed E-state index contributed by atoms with van der Waals surface area (Å²) in [6, 6.07) is 17.1. The molecule has 3 aromatic rings. The van der Waals surface area contributed by atoms with E-state index in [0.717, 1.165) is 28.0 Å². The molecular weight excluding hydrogens is 388 g/mol. The summed E-state index contributed by atoms with van der Waals surface area (Å²) in [6.45, 7) is 0.466. The molecule has 1 saturated heterocycles. The number of carbonyl (C=O) groups is 2. The quantitative estimate of drug-likeness (QED) is 0.633. The molecule has 0 spiro atoms. The number of hydrogen-bond donors (Lipinski definition) is 1.